The Morgan fingerprint density at radius 3 is 2.33 bits per heavy atom. The summed E-state index contributed by atoms with van der Waals surface area (Å²) < 4.78 is 4.59. The Balaban J connectivity index is 1.58. The SMILES string of the molecule is COC(=O)c1ccc(C(=O)NNC(=O)c2cc3c(s2)CCC3)cc1. The molecule has 1 aliphatic carbocycles. The normalized spacial score (nSPS) is 12.4. The van der Waals surface area contributed by atoms with E-state index in [1.165, 1.54) is 53.2 Å². The number of nitrogens with one attached hydrogen (secondary N) is 2. The summed E-state index contributed by atoms with van der Waals surface area (Å²) in [5.41, 5.74) is 6.71. The third kappa shape index (κ3) is 3.30. The van der Waals surface area contributed by atoms with E-state index >= 15 is 0 Å². The number of ether oxygens (including phenoxy) is 1. The van der Waals surface area contributed by atoms with Gasteiger partial charge < -0.3 is 4.74 Å². The summed E-state index contributed by atoms with van der Waals surface area (Å²) in [6.07, 6.45) is 3.17. The van der Waals surface area contributed by atoms with Crippen LogP contribution in [-0.2, 0) is 17.6 Å². The van der Waals surface area contributed by atoms with Gasteiger partial charge in [-0.1, -0.05) is 0 Å². The molecule has 1 aromatic carbocycles. The first kappa shape index (κ1) is 16.2. The summed E-state index contributed by atoms with van der Waals surface area (Å²) in [5.74, 6) is -1.25. The van der Waals surface area contributed by atoms with E-state index in [-0.39, 0.29) is 5.91 Å². The second-order valence-corrected chi connectivity index (χ2v) is 6.53. The highest BCUT2D eigenvalue weighted by Crippen LogP contribution is 2.30. The molecule has 2 N–H and O–H groups in total. The minimum atomic E-state index is -0.471. The van der Waals surface area contributed by atoms with Crippen molar-refractivity contribution in [2.75, 3.05) is 7.11 Å². The maximum Gasteiger partial charge on any atom is 0.337 e. The van der Waals surface area contributed by atoms with Crippen LogP contribution in [-0.4, -0.2) is 24.9 Å². The molecule has 7 heteroatoms. The fourth-order valence-electron chi connectivity index (χ4n) is 2.56. The maximum atomic E-state index is 12.1. The Kier molecular flexibility index (Phi) is 4.61. The van der Waals surface area contributed by atoms with Gasteiger partial charge in [-0.25, -0.2) is 4.79 Å². The largest absolute Gasteiger partial charge is 0.465 e. The highest BCUT2D eigenvalue weighted by molar-refractivity contribution is 7.14. The zero-order valence-electron chi connectivity index (χ0n) is 13.0. The Bertz CT molecular complexity index is 774. The molecule has 1 aromatic heterocycles. The van der Waals surface area contributed by atoms with Gasteiger partial charge in [-0.15, -0.1) is 11.3 Å². The molecule has 124 valence electrons. The van der Waals surface area contributed by atoms with Crippen LogP contribution in [0, 0.1) is 0 Å². The number of methoxy groups -OCH3 is 1. The van der Waals surface area contributed by atoms with Crippen LogP contribution in [0.2, 0.25) is 0 Å². The minimum Gasteiger partial charge on any atom is -0.465 e. The van der Waals surface area contributed by atoms with Crippen LogP contribution in [0.15, 0.2) is 30.3 Å². The van der Waals surface area contributed by atoms with Gasteiger partial charge in [0.15, 0.2) is 0 Å². The number of hydrogen-bond acceptors (Lipinski definition) is 5. The van der Waals surface area contributed by atoms with Crippen molar-refractivity contribution in [2.24, 2.45) is 0 Å². The van der Waals surface area contributed by atoms with Crippen molar-refractivity contribution in [2.45, 2.75) is 19.3 Å². The molecule has 0 bridgehead atoms. The molecule has 3 rings (SSSR count). The summed E-state index contributed by atoms with van der Waals surface area (Å²) in [7, 11) is 1.29. The molecule has 0 radical (unpaired) electrons. The third-order valence-corrected chi connectivity index (χ3v) is 5.06. The zero-order valence-corrected chi connectivity index (χ0v) is 13.9. The number of hydrazine groups is 1. The molecule has 2 amide bonds. The Morgan fingerprint density at radius 2 is 1.67 bits per heavy atom. The average molecular weight is 344 g/mol. The van der Waals surface area contributed by atoms with Gasteiger partial charge in [-0.2, -0.15) is 0 Å². The molecular formula is C17H16N2O4S. The van der Waals surface area contributed by atoms with Crippen molar-refractivity contribution in [3.63, 3.8) is 0 Å². The number of benzene rings is 1. The van der Waals surface area contributed by atoms with Crippen molar-refractivity contribution in [3.05, 3.63) is 56.8 Å². The summed E-state index contributed by atoms with van der Waals surface area (Å²) in [4.78, 5) is 37.3. The van der Waals surface area contributed by atoms with E-state index in [1.54, 1.807) is 0 Å². The number of fused-ring (bicyclic) bond motifs is 1. The van der Waals surface area contributed by atoms with Gasteiger partial charge in [0.1, 0.15) is 0 Å². The molecule has 1 aliphatic rings. The molecule has 0 saturated carbocycles. The predicted octanol–water partition coefficient (Wildman–Crippen LogP) is 2.10. The fourth-order valence-corrected chi connectivity index (χ4v) is 3.71. The molecule has 0 spiro atoms. The molecular weight excluding hydrogens is 328 g/mol. The van der Waals surface area contributed by atoms with Gasteiger partial charge >= 0.3 is 5.97 Å². The monoisotopic (exact) mass is 344 g/mol. The molecule has 6 nitrogen and oxygen atoms in total. The lowest BCUT2D eigenvalue weighted by molar-refractivity contribution is 0.0600. The van der Waals surface area contributed by atoms with Crippen molar-refractivity contribution in [3.8, 4) is 0 Å². The minimum absolute atomic E-state index is 0.325. The lowest BCUT2D eigenvalue weighted by Crippen LogP contribution is -2.41. The van der Waals surface area contributed by atoms with E-state index in [2.05, 4.69) is 15.6 Å². The number of carbonyl (C=O) groups is 3. The van der Waals surface area contributed by atoms with Crippen molar-refractivity contribution in [1.82, 2.24) is 10.9 Å². The number of carbonyl (C=O) groups excluding carboxylic acids is 3. The van der Waals surface area contributed by atoms with Gasteiger partial charge in [0, 0.05) is 10.4 Å². The molecule has 0 aliphatic heterocycles. The first-order valence-electron chi connectivity index (χ1n) is 7.49. The Labute approximate surface area is 142 Å². The summed E-state index contributed by atoms with van der Waals surface area (Å²) >= 11 is 1.47. The smallest absolute Gasteiger partial charge is 0.337 e. The molecule has 0 atom stereocenters. The molecule has 2 aromatic rings. The quantitative estimate of drug-likeness (QED) is 0.660. The molecule has 0 fully saturated rings. The van der Waals surface area contributed by atoms with E-state index < -0.39 is 11.9 Å². The summed E-state index contributed by atoms with van der Waals surface area (Å²) in [5, 5.41) is 0. The predicted molar refractivity (Wildman–Crippen MR) is 89.1 cm³/mol. The number of hydrogen-bond donors (Lipinski definition) is 2. The van der Waals surface area contributed by atoms with E-state index in [0.29, 0.717) is 16.0 Å². The van der Waals surface area contributed by atoms with E-state index in [9.17, 15) is 14.4 Å². The first-order valence-corrected chi connectivity index (χ1v) is 8.31. The molecule has 1 heterocycles. The van der Waals surface area contributed by atoms with Crippen molar-refractivity contribution < 1.29 is 19.1 Å². The number of rotatable bonds is 3. The van der Waals surface area contributed by atoms with E-state index in [1.807, 2.05) is 6.07 Å². The van der Waals surface area contributed by atoms with Crippen molar-refractivity contribution in [1.29, 1.82) is 0 Å². The number of aryl methyl sites for hydroxylation is 2. The topological polar surface area (TPSA) is 84.5 Å². The fraction of sp³-hybridized carbons (Fsp3) is 0.235. The molecule has 0 saturated heterocycles. The summed E-state index contributed by atoms with van der Waals surface area (Å²) in [6.45, 7) is 0. The van der Waals surface area contributed by atoms with Gasteiger partial charge in [0.05, 0.1) is 17.6 Å². The van der Waals surface area contributed by atoms with Gasteiger partial charge in [-0.3, -0.25) is 20.4 Å². The second kappa shape index (κ2) is 6.84. The van der Waals surface area contributed by atoms with E-state index in [4.69, 9.17) is 0 Å². The highest BCUT2D eigenvalue weighted by Gasteiger charge is 2.19. The van der Waals surface area contributed by atoms with Gasteiger partial charge in [0.2, 0.25) is 0 Å². The maximum absolute atomic E-state index is 12.1. The van der Waals surface area contributed by atoms with Gasteiger partial charge in [-0.05, 0) is 55.2 Å². The molecule has 0 unspecified atom stereocenters. The van der Waals surface area contributed by atoms with Crippen LogP contribution >= 0.6 is 11.3 Å². The van der Waals surface area contributed by atoms with E-state index in [0.717, 1.165) is 19.3 Å². The number of esters is 1. The number of amides is 2. The van der Waals surface area contributed by atoms with Crippen LogP contribution in [0.4, 0.5) is 0 Å². The zero-order chi connectivity index (χ0) is 17.1. The van der Waals surface area contributed by atoms with Crippen LogP contribution in [0.3, 0.4) is 0 Å². The Morgan fingerprint density at radius 1 is 1.00 bits per heavy atom. The highest BCUT2D eigenvalue weighted by atomic mass is 32.1. The van der Waals surface area contributed by atoms with Gasteiger partial charge in [0.25, 0.3) is 11.8 Å². The van der Waals surface area contributed by atoms with Crippen LogP contribution in [0.5, 0.6) is 0 Å². The van der Waals surface area contributed by atoms with Crippen LogP contribution in [0.25, 0.3) is 0 Å². The van der Waals surface area contributed by atoms with Crippen LogP contribution < -0.4 is 10.9 Å². The lowest BCUT2D eigenvalue weighted by atomic mass is 10.1. The second-order valence-electron chi connectivity index (χ2n) is 5.39. The standard InChI is InChI=1S/C17H16N2O4S/c1-23-17(22)11-7-5-10(6-8-11)15(20)18-19-16(21)14-9-12-3-2-4-13(12)24-14/h5-9H,2-4H2,1H3,(H,18,20)(H,19,21). The third-order valence-electron chi connectivity index (χ3n) is 3.83. The number of thiophene rings is 1. The molecule has 24 heavy (non-hydrogen) atoms. The summed E-state index contributed by atoms with van der Waals surface area (Å²) in [6, 6.07) is 7.86. The first-order chi connectivity index (χ1) is 11.6. The lowest BCUT2D eigenvalue weighted by Gasteiger charge is -2.07. The average Bonchev–Trinajstić information content (AvgIpc) is 3.20. The van der Waals surface area contributed by atoms with Crippen LogP contribution in [0.1, 0.15) is 47.2 Å². The van der Waals surface area contributed by atoms with Crippen molar-refractivity contribution >= 4 is 29.1 Å². The Hall–Kier alpha value is -2.67.